The molecule has 6 nitrogen and oxygen atoms in total. The lowest BCUT2D eigenvalue weighted by Gasteiger charge is -2.09. The van der Waals surface area contributed by atoms with E-state index in [0.717, 1.165) is 12.8 Å². The lowest BCUT2D eigenvalue weighted by atomic mass is 10.2. The maximum absolute atomic E-state index is 12.5. The average Bonchev–Trinajstić information content (AvgIpc) is 2.83. The van der Waals surface area contributed by atoms with Crippen LogP contribution >= 0.6 is 0 Å². The largest absolute Gasteiger partial charge is 0.494 e. The van der Waals surface area contributed by atoms with Gasteiger partial charge in [-0.3, -0.25) is 0 Å². The van der Waals surface area contributed by atoms with Gasteiger partial charge in [0.05, 0.1) is 17.7 Å². The summed E-state index contributed by atoms with van der Waals surface area (Å²) in [6.45, 7) is 3.01. The van der Waals surface area contributed by atoms with E-state index >= 15 is 0 Å². The number of benzene rings is 3. The third-order valence-electron chi connectivity index (χ3n) is 4.45. The molecule has 32 heavy (non-hydrogen) atoms. The van der Waals surface area contributed by atoms with E-state index in [1.165, 1.54) is 6.07 Å². The van der Waals surface area contributed by atoms with E-state index in [2.05, 4.69) is 6.92 Å². The second-order valence-electron chi connectivity index (χ2n) is 6.94. The number of esters is 2. The first kappa shape index (κ1) is 22.9. The standard InChI is InChI=1S/C26H26O6/c1-2-3-15-29-23-13-7-10-21(18-23)26(28)32-24-14-8-9-20(19-24)25(27)31-17-16-30-22-11-5-4-6-12-22/h4-14,18-19H,2-3,15-17H2,1H3. The predicted octanol–water partition coefficient (Wildman–Crippen LogP) is 5.32. The van der Waals surface area contributed by atoms with Crippen molar-refractivity contribution in [3.63, 3.8) is 0 Å². The van der Waals surface area contributed by atoms with Crippen molar-refractivity contribution in [1.82, 2.24) is 0 Å². The third kappa shape index (κ3) is 7.16. The average molecular weight is 434 g/mol. The molecule has 0 fully saturated rings. The Morgan fingerprint density at radius 2 is 1.28 bits per heavy atom. The second-order valence-corrected chi connectivity index (χ2v) is 6.94. The van der Waals surface area contributed by atoms with Crippen molar-refractivity contribution in [2.75, 3.05) is 19.8 Å². The molecule has 3 rings (SSSR count). The molecule has 166 valence electrons. The number of ether oxygens (including phenoxy) is 4. The van der Waals surface area contributed by atoms with Crippen LogP contribution in [0.1, 0.15) is 40.5 Å². The zero-order valence-electron chi connectivity index (χ0n) is 18.0. The van der Waals surface area contributed by atoms with Crippen molar-refractivity contribution in [2.45, 2.75) is 19.8 Å². The topological polar surface area (TPSA) is 71.1 Å². The zero-order chi connectivity index (χ0) is 22.6. The van der Waals surface area contributed by atoms with Gasteiger partial charge in [0.2, 0.25) is 0 Å². The molecule has 0 radical (unpaired) electrons. The van der Waals surface area contributed by atoms with E-state index in [4.69, 9.17) is 18.9 Å². The lowest BCUT2D eigenvalue weighted by molar-refractivity contribution is 0.0449. The van der Waals surface area contributed by atoms with Crippen LogP contribution in [0.5, 0.6) is 17.2 Å². The van der Waals surface area contributed by atoms with Gasteiger partial charge in [-0.05, 0) is 55.0 Å². The molecular formula is C26H26O6. The molecule has 0 N–H and O–H groups in total. The Balaban J connectivity index is 1.52. The van der Waals surface area contributed by atoms with Crippen LogP contribution in [0.4, 0.5) is 0 Å². The van der Waals surface area contributed by atoms with Gasteiger partial charge >= 0.3 is 11.9 Å². The minimum absolute atomic E-state index is 0.0998. The number of rotatable bonds is 11. The van der Waals surface area contributed by atoms with Gasteiger partial charge in [0.15, 0.2) is 0 Å². The van der Waals surface area contributed by atoms with Gasteiger partial charge in [0.1, 0.15) is 30.5 Å². The molecule has 0 aliphatic rings. The molecule has 0 aliphatic heterocycles. The third-order valence-corrected chi connectivity index (χ3v) is 4.45. The van der Waals surface area contributed by atoms with Crippen LogP contribution in [-0.4, -0.2) is 31.8 Å². The molecule has 0 unspecified atom stereocenters. The summed E-state index contributed by atoms with van der Waals surface area (Å²) in [4.78, 5) is 24.8. The molecule has 3 aromatic carbocycles. The van der Waals surface area contributed by atoms with Crippen LogP contribution in [0, 0.1) is 0 Å². The zero-order valence-corrected chi connectivity index (χ0v) is 18.0. The summed E-state index contributed by atoms with van der Waals surface area (Å²) in [5.41, 5.74) is 0.650. The minimum atomic E-state index is -0.535. The summed E-state index contributed by atoms with van der Waals surface area (Å²) in [6.07, 6.45) is 1.97. The van der Waals surface area contributed by atoms with Crippen LogP contribution in [0.15, 0.2) is 78.9 Å². The van der Waals surface area contributed by atoms with Gasteiger partial charge in [-0.1, -0.05) is 43.7 Å². The fourth-order valence-corrected chi connectivity index (χ4v) is 2.79. The molecule has 0 spiro atoms. The fourth-order valence-electron chi connectivity index (χ4n) is 2.79. The summed E-state index contributed by atoms with van der Waals surface area (Å²) < 4.78 is 21.8. The van der Waals surface area contributed by atoms with E-state index < -0.39 is 11.9 Å². The van der Waals surface area contributed by atoms with Crippen molar-refractivity contribution in [3.8, 4) is 17.2 Å². The van der Waals surface area contributed by atoms with Crippen molar-refractivity contribution in [3.05, 3.63) is 90.0 Å². The van der Waals surface area contributed by atoms with Crippen LogP contribution in [-0.2, 0) is 4.74 Å². The Morgan fingerprint density at radius 3 is 2.03 bits per heavy atom. The van der Waals surface area contributed by atoms with Crippen LogP contribution in [0.2, 0.25) is 0 Å². The monoisotopic (exact) mass is 434 g/mol. The van der Waals surface area contributed by atoms with Gasteiger partial charge in [-0.2, -0.15) is 0 Å². The van der Waals surface area contributed by atoms with E-state index in [1.807, 2.05) is 30.3 Å². The summed E-state index contributed by atoms with van der Waals surface area (Å²) in [5, 5.41) is 0. The van der Waals surface area contributed by atoms with E-state index in [9.17, 15) is 9.59 Å². The Kier molecular flexibility index (Phi) is 8.69. The van der Waals surface area contributed by atoms with Gasteiger partial charge in [0.25, 0.3) is 0 Å². The summed E-state index contributed by atoms with van der Waals surface area (Å²) in [5.74, 6) is 0.515. The van der Waals surface area contributed by atoms with Crippen molar-refractivity contribution in [2.24, 2.45) is 0 Å². The normalized spacial score (nSPS) is 10.3. The first-order valence-corrected chi connectivity index (χ1v) is 10.6. The van der Waals surface area contributed by atoms with Crippen LogP contribution in [0.25, 0.3) is 0 Å². The molecule has 0 saturated heterocycles. The Hall–Kier alpha value is -3.80. The molecule has 0 aliphatic carbocycles. The number of para-hydroxylation sites is 1. The van der Waals surface area contributed by atoms with E-state index in [0.29, 0.717) is 23.7 Å². The van der Waals surface area contributed by atoms with E-state index in [-0.39, 0.29) is 24.5 Å². The molecule has 6 heteroatoms. The quantitative estimate of drug-likeness (QED) is 0.231. The highest BCUT2D eigenvalue weighted by Gasteiger charge is 2.13. The molecule has 0 atom stereocenters. The predicted molar refractivity (Wildman–Crippen MR) is 120 cm³/mol. The maximum atomic E-state index is 12.5. The summed E-state index contributed by atoms with van der Waals surface area (Å²) >= 11 is 0. The summed E-state index contributed by atoms with van der Waals surface area (Å²) in [7, 11) is 0. The molecule has 0 amide bonds. The molecule has 0 saturated carbocycles. The first-order chi connectivity index (χ1) is 15.7. The van der Waals surface area contributed by atoms with Crippen molar-refractivity contribution >= 4 is 11.9 Å². The molecular weight excluding hydrogens is 408 g/mol. The number of hydrogen-bond acceptors (Lipinski definition) is 6. The highest BCUT2D eigenvalue weighted by atomic mass is 16.6. The Morgan fingerprint density at radius 1 is 0.656 bits per heavy atom. The van der Waals surface area contributed by atoms with E-state index in [1.54, 1.807) is 42.5 Å². The van der Waals surface area contributed by atoms with Crippen LogP contribution in [0.3, 0.4) is 0 Å². The van der Waals surface area contributed by atoms with Gasteiger partial charge in [0, 0.05) is 0 Å². The number of hydrogen-bond donors (Lipinski definition) is 0. The highest BCUT2D eigenvalue weighted by molar-refractivity contribution is 5.93. The molecule has 0 aromatic heterocycles. The maximum Gasteiger partial charge on any atom is 0.343 e. The SMILES string of the molecule is CCCCOc1cccc(C(=O)Oc2cccc(C(=O)OCCOc3ccccc3)c2)c1. The summed E-state index contributed by atoms with van der Waals surface area (Å²) in [6, 6.07) is 22.4. The number of carbonyl (C=O) groups excluding carboxylic acids is 2. The second kappa shape index (κ2) is 12.2. The molecule has 3 aromatic rings. The Labute approximate surface area is 187 Å². The first-order valence-electron chi connectivity index (χ1n) is 10.6. The molecule has 0 bridgehead atoms. The number of carbonyl (C=O) groups is 2. The van der Waals surface area contributed by atoms with Crippen LogP contribution < -0.4 is 14.2 Å². The lowest BCUT2D eigenvalue weighted by Crippen LogP contribution is -2.13. The van der Waals surface area contributed by atoms with Gasteiger partial charge < -0.3 is 18.9 Å². The molecule has 0 heterocycles. The van der Waals surface area contributed by atoms with Crippen molar-refractivity contribution < 1.29 is 28.5 Å². The Bertz CT molecular complexity index is 1020. The highest BCUT2D eigenvalue weighted by Crippen LogP contribution is 2.19. The van der Waals surface area contributed by atoms with Gasteiger partial charge in [-0.15, -0.1) is 0 Å². The fraction of sp³-hybridized carbons (Fsp3) is 0.231. The van der Waals surface area contributed by atoms with Crippen molar-refractivity contribution in [1.29, 1.82) is 0 Å². The van der Waals surface area contributed by atoms with Gasteiger partial charge in [-0.25, -0.2) is 9.59 Å². The number of unbranched alkanes of at least 4 members (excludes halogenated alkanes) is 1. The minimum Gasteiger partial charge on any atom is -0.494 e. The smallest absolute Gasteiger partial charge is 0.343 e.